The second-order valence-corrected chi connectivity index (χ2v) is 9.33. The van der Waals surface area contributed by atoms with Crippen LogP contribution in [0.25, 0.3) is 11.4 Å². The van der Waals surface area contributed by atoms with Gasteiger partial charge < -0.3 is 14.4 Å². The van der Waals surface area contributed by atoms with E-state index in [9.17, 15) is 9.18 Å². The van der Waals surface area contributed by atoms with Crippen LogP contribution in [-0.2, 0) is 13.0 Å². The fraction of sp³-hybridized carbons (Fsp3) is 0.407. The molecule has 0 aliphatic carbocycles. The number of aromatic nitrogens is 2. The Morgan fingerprint density at radius 2 is 1.85 bits per heavy atom. The molecule has 2 aliphatic rings. The minimum absolute atomic E-state index is 0.00120. The van der Waals surface area contributed by atoms with Crippen molar-refractivity contribution < 1.29 is 9.18 Å². The Bertz CT molecular complexity index is 1150. The van der Waals surface area contributed by atoms with E-state index in [4.69, 9.17) is 4.98 Å². The predicted octanol–water partition coefficient (Wildman–Crippen LogP) is 5.07. The number of fused-ring (bicyclic) bond motifs is 1. The molecular weight excluding hydrogens is 415 g/mol. The summed E-state index contributed by atoms with van der Waals surface area (Å²) >= 11 is 0. The molecule has 0 unspecified atom stereocenters. The Labute approximate surface area is 194 Å². The quantitative estimate of drug-likeness (QED) is 0.564. The Hall–Kier alpha value is -3.15. The van der Waals surface area contributed by atoms with Gasteiger partial charge in [0.1, 0.15) is 17.3 Å². The molecule has 3 heterocycles. The fourth-order valence-electron chi connectivity index (χ4n) is 5.15. The number of benzene rings is 2. The predicted molar refractivity (Wildman–Crippen MR) is 129 cm³/mol. The van der Waals surface area contributed by atoms with E-state index >= 15 is 0 Å². The van der Waals surface area contributed by atoms with E-state index in [0.717, 1.165) is 50.0 Å². The van der Waals surface area contributed by atoms with Crippen molar-refractivity contribution in [2.24, 2.45) is 0 Å². The van der Waals surface area contributed by atoms with Gasteiger partial charge >= 0.3 is 0 Å². The van der Waals surface area contributed by atoms with Crippen LogP contribution in [0.15, 0.2) is 48.5 Å². The maximum absolute atomic E-state index is 13.9. The number of piperazine rings is 1. The minimum atomic E-state index is -0.285. The van der Waals surface area contributed by atoms with Crippen LogP contribution < -0.4 is 4.90 Å². The third-order valence-corrected chi connectivity index (χ3v) is 6.93. The summed E-state index contributed by atoms with van der Waals surface area (Å²) in [6, 6.07) is 15.3. The third kappa shape index (κ3) is 4.26. The Morgan fingerprint density at radius 1 is 1.03 bits per heavy atom. The van der Waals surface area contributed by atoms with Crippen molar-refractivity contribution in [2.75, 3.05) is 24.5 Å². The molecule has 2 aliphatic heterocycles. The summed E-state index contributed by atoms with van der Waals surface area (Å²) in [6.07, 6.45) is 4.06. The highest BCUT2D eigenvalue weighted by Crippen LogP contribution is 2.29. The summed E-state index contributed by atoms with van der Waals surface area (Å²) in [6.45, 7) is 7.20. The van der Waals surface area contributed by atoms with Crippen molar-refractivity contribution in [3.05, 3.63) is 71.3 Å². The van der Waals surface area contributed by atoms with Gasteiger partial charge in [0.25, 0.3) is 5.91 Å². The number of nitrogens with zero attached hydrogens (tertiary/aromatic N) is 4. The number of hydrogen-bond acceptors (Lipinski definition) is 3. The van der Waals surface area contributed by atoms with Crippen molar-refractivity contribution in [3.63, 3.8) is 0 Å². The lowest BCUT2D eigenvalue weighted by Crippen LogP contribution is -2.54. The number of carbonyl (C=O) groups excluding carboxylic acids is 1. The highest BCUT2D eigenvalue weighted by atomic mass is 19.1. The maximum Gasteiger partial charge on any atom is 0.274 e. The van der Waals surface area contributed by atoms with Crippen LogP contribution in [0.1, 0.15) is 47.9 Å². The van der Waals surface area contributed by atoms with Gasteiger partial charge in [0, 0.05) is 43.5 Å². The molecule has 0 spiro atoms. The number of anilines is 1. The smallest absolute Gasteiger partial charge is 0.274 e. The number of halogens is 1. The summed E-state index contributed by atoms with van der Waals surface area (Å²) in [4.78, 5) is 22.8. The highest BCUT2D eigenvalue weighted by molar-refractivity contribution is 5.94. The molecule has 5 nitrogen and oxygen atoms in total. The molecule has 0 N–H and O–H groups in total. The van der Waals surface area contributed by atoms with Crippen LogP contribution in [0.2, 0.25) is 0 Å². The number of imidazole rings is 1. The van der Waals surface area contributed by atoms with Gasteiger partial charge in [-0.2, -0.15) is 0 Å². The zero-order valence-corrected chi connectivity index (χ0v) is 19.4. The Kier molecular flexibility index (Phi) is 5.92. The Morgan fingerprint density at radius 3 is 2.61 bits per heavy atom. The summed E-state index contributed by atoms with van der Waals surface area (Å²) < 4.78 is 16.1. The topological polar surface area (TPSA) is 41.4 Å². The summed E-state index contributed by atoms with van der Waals surface area (Å²) in [5.74, 6) is 0.423. The average molecular weight is 447 g/mol. The molecular formula is C27H31FN4O. The molecule has 0 radical (unpaired) electrons. The fourth-order valence-corrected chi connectivity index (χ4v) is 5.15. The molecule has 1 fully saturated rings. The summed E-state index contributed by atoms with van der Waals surface area (Å²) in [7, 11) is 0. The van der Waals surface area contributed by atoms with E-state index in [1.807, 2.05) is 11.0 Å². The van der Waals surface area contributed by atoms with Crippen LogP contribution in [0.5, 0.6) is 0 Å². The zero-order chi connectivity index (χ0) is 22.9. The van der Waals surface area contributed by atoms with Gasteiger partial charge in [-0.3, -0.25) is 4.79 Å². The largest absolute Gasteiger partial charge is 0.365 e. The number of hydrogen-bond donors (Lipinski definition) is 0. The van der Waals surface area contributed by atoms with Crippen LogP contribution in [0.4, 0.5) is 10.1 Å². The first kappa shape index (κ1) is 21.7. The number of rotatable bonds is 3. The minimum Gasteiger partial charge on any atom is -0.365 e. The highest BCUT2D eigenvalue weighted by Gasteiger charge is 2.32. The van der Waals surface area contributed by atoms with Crippen molar-refractivity contribution in [3.8, 4) is 11.4 Å². The normalized spacial score (nSPS) is 18.7. The lowest BCUT2D eigenvalue weighted by Gasteiger charge is -2.41. The first-order valence-corrected chi connectivity index (χ1v) is 12.0. The molecule has 1 amide bonds. The maximum atomic E-state index is 13.9. The van der Waals surface area contributed by atoms with Gasteiger partial charge in [0.15, 0.2) is 0 Å². The van der Waals surface area contributed by atoms with Crippen LogP contribution >= 0.6 is 0 Å². The van der Waals surface area contributed by atoms with Crippen molar-refractivity contribution in [1.82, 2.24) is 14.5 Å². The van der Waals surface area contributed by atoms with E-state index in [1.165, 1.54) is 23.4 Å². The van der Waals surface area contributed by atoms with Gasteiger partial charge in [-0.15, -0.1) is 0 Å². The molecule has 1 aromatic heterocycles. The second kappa shape index (κ2) is 9.00. The lowest BCUT2D eigenvalue weighted by molar-refractivity contribution is 0.0719. The van der Waals surface area contributed by atoms with E-state index in [-0.39, 0.29) is 17.8 Å². The molecule has 0 saturated carbocycles. The monoisotopic (exact) mass is 446 g/mol. The van der Waals surface area contributed by atoms with Crippen molar-refractivity contribution >= 4 is 11.6 Å². The summed E-state index contributed by atoms with van der Waals surface area (Å²) in [5.41, 5.74) is 4.73. The number of aryl methyl sites for hydroxylation is 1. The standard InChI is InChI=1S/C27H31FN4O/c1-19-10-12-23(13-11-19)31-16-15-30(18-20(31)2)27(33)25-24-9-4-3-5-14-32(24)26(29-25)21-7-6-8-22(28)17-21/h6-8,10-13,17,20H,3-5,9,14-16,18H2,1-2H3/t20-/m0/s1. The SMILES string of the molecule is Cc1ccc(N2CCN(C(=O)c3nc(-c4cccc(F)c4)n4c3CCCCC4)C[C@@H]2C)cc1. The Balaban J connectivity index is 1.42. The van der Waals surface area contributed by atoms with E-state index in [1.54, 1.807) is 6.07 Å². The van der Waals surface area contributed by atoms with Crippen molar-refractivity contribution in [2.45, 2.75) is 52.1 Å². The van der Waals surface area contributed by atoms with Gasteiger partial charge in [0.05, 0.1) is 5.69 Å². The van der Waals surface area contributed by atoms with Gasteiger partial charge in [-0.25, -0.2) is 9.37 Å². The molecule has 33 heavy (non-hydrogen) atoms. The van der Waals surface area contributed by atoms with Crippen LogP contribution in [0, 0.1) is 12.7 Å². The number of amides is 1. The third-order valence-electron chi connectivity index (χ3n) is 6.93. The van der Waals surface area contributed by atoms with E-state index in [0.29, 0.717) is 24.6 Å². The first-order valence-electron chi connectivity index (χ1n) is 12.0. The molecule has 1 atom stereocenters. The van der Waals surface area contributed by atoms with Gasteiger partial charge in [0.2, 0.25) is 0 Å². The summed E-state index contributed by atoms with van der Waals surface area (Å²) in [5, 5.41) is 0. The van der Waals surface area contributed by atoms with E-state index in [2.05, 4.69) is 47.6 Å². The molecule has 6 heteroatoms. The first-order chi connectivity index (χ1) is 16.0. The molecule has 0 bridgehead atoms. The average Bonchev–Trinajstić information content (AvgIpc) is 3.00. The van der Waals surface area contributed by atoms with Gasteiger partial charge in [-0.05, 0) is 57.4 Å². The zero-order valence-electron chi connectivity index (χ0n) is 19.4. The van der Waals surface area contributed by atoms with Crippen LogP contribution in [-0.4, -0.2) is 46.0 Å². The molecule has 172 valence electrons. The molecule has 1 saturated heterocycles. The number of carbonyl (C=O) groups is 1. The molecule has 3 aromatic rings. The van der Waals surface area contributed by atoms with Crippen LogP contribution in [0.3, 0.4) is 0 Å². The second-order valence-electron chi connectivity index (χ2n) is 9.33. The molecule has 5 rings (SSSR count). The van der Waals surface area contributed by atoms with Gasteiger partial charge in [-0.1, -0.05) is 36.2 Å². The van der Waals surface area contributed by atoms with Crippen molar-refractivity contribution in [1.29, 1.82) is 0 Å². The van der Waals surface area contributed by atoms with E-state index < -0.39 is 0 Å². The molecule has 2 aromatic carbocycles. The lowest BCUT2D eigenvalue weighted by atomic mass is 10.1.